The number of hydrogen-bond acceptors (Lipinski definition) is 2. The molecule has 0 bridgehead atoms. The van der Waals surface area contributed by atoms with Crippen LogP contribution in [-0.4, -0.2) is 19.1 Å². The van der Waals surface area contributed by atoms with Crippen molar-refractivity contribution in [1.29, 1.82) is 0 Å². The Morgan fingerprint density at radius 3 is 2.80 bits per heavy atom. The summed E-state index contributed by atoms with van der Waals surface area (Å²) in [4.78, 5) is 12.6. The van der Waals surface area contributed by atoms with Crippen LogP contribution in [0.3, 0.4) is 0 Å². The maximum absolute atomic E-state index is 12.6. The van der Waals surface area contributed by atoms with Crippen molar-refractivity contribution in [2.24, 2.45) is 5.92 Å². The number of benzene rings is 2. The Morgan fingerprint density at radius 1 is 1.16 bits per heavy atom. The molecule has 4 heteroatoms. The Hall–Kier alpha value is -1.65. The highest BCUT2D eigenvalue weighted by Crippen LogP contribution is 2.33. The zero-order valence-electron chi connectivity index (χ0n) is 14.3. The van der Waals surface area contributed by atoms with Crippen LogP contribution in [0.1, 0.15) is 36.5 Å². The Morgan fingerprint density at radius 2 is 2.00 bits per heavy atom. The minimum atomic E-state index is -0.125. The molecule has 0 aliphatic carbocycles. The van der Waals surface area contributed by atoms with Crippen LogP contribution in [0.2, 0.25) is 0 Å². The van der Waals surface area contributed by atoms with Gasteiger partial charge < -0.3 is 10.1 Å². The van der Waals surface area contributed by atoms with Crippen molar-refractivity contribution in [2.75, 3.05) is 13.2 Å². The van der Waals surface area contributed by atoms with Crippen LogP contribution < -0.4 is 5.32 Å². The molecule has 0 spiro atoms. The standard InChI is InChI=1S/C21H24BrNO2/c22-18-11-4-7-16(15-18)8-5-13-23-21(24)19-12-6-14-25-20(19)17-9-2-1-3-10-17/h1-4,7,9-11,15,19-20H,5-6,8,12-14H2,(H,23,24). The Balaban J connectivity index is 1.51. The van der Waals surface area contributed by atoms with E-state index in [1.807, 2.05) is 42.5 Å². The summed E-state index contributed by atoms with van der Waals surface area (Å²) in [6.07, 6.45) is 3.60. The predicted octanol–water partition coefficient (Wildman–Crippen LogP) is 4.67. The lowest BCUT2D eigenvalue weighted by molar-refractivity contribution is -0.134. The van der Waals surface area contributed by atoms with E-state index in [0.29, 0.717) is 6.54 Å². The van der Waals surface area contributed by atoms with Crippen LogP contribution in [0.4, 0.5) is 0 Å². The van der Waals surface area contributed by atoms with Gasteiger partial charge in [-0.2, -0.15) is 0 Å². The van der Waals surface area contributed by atoms with Crippen LogP contribution in [-0.2, 0) is 16.0 Å². The molecule has 3 rings (SSSR count). The zero-order chi connectivity index (χ0) is 17.5. The lowest BCUT2D eigenvalue weighted by atomic mass is 9.88. The van der Waals surface area contributed by atoms with Gasteiger partial charge in [0.15, 0.2) is 0 Å². The maximum Gasteiger partial charge on any atom is 0.226 e. The van der Waals surface area contributed by atoms with Gasteiger partial charge in [-0.3, -0.25) is 4.79 Å². The Kier molecular flexibility index (Phi) is 6.65. The predicted molar refractivity (Wildman–Crippen MR) is 103 cm³/mol. The van der Waals surface area contributed by atoms with Gasteiger partial charge in [-0.25, -0.2) is 0 Å². The highest BCUT2D eigenvalue weighted by molar-refractivity contribution is 9.10. The number of carbonyl (C=O) groups is 1. The molecule has 2 aromatic rings. The van der Waals surface area contributed by atoms with Gasteiger partial charge in [0.1, 0.15) is 0 Å². The van der Waals surface area contributed by atoms with Crippen molar-refractivity contribution in [2.45, 2.75) is 31.8 Å². The smallest absolute Gasteiger partial charge is 0.226 e. The minimum absolute atomic E-state index is 0.0954. The summed E-state index contributed by atoms with van der Waals surface area (Å²) in [5.74, 6) is 0.0183. The van der Waals surface area contributed by atoms with Gasteiger partial charge in [-0.05, 0) is 48.9 Å². The van der Waals surface area contributed by atoms with Crippen LogP contribution >= 0.6 is 15.9 Å². The maximum atomic E-state index is 12.6. The number of carbonyl (C=O) groups excluding carboxylic acids is 1. The van der Waals surface area contributed by atoms with E-state index in [1.165, 1.54) is 5.56 Å². The average Bonchev–Trinajstić information content (AvgIpc) is 2.66. The lowest BCUT2D eigenvalue weighted by Crippen LogP contribution is -2.38. The molecule has 1 aliphatic heterocycles. The highest BCUT2D eigenvalue weighted by atomic mass is 79.9. The molecule has 1 fully saturated rings. The fourth-order valence-corrected chi connectivity index (χ4v) is 3.80. The van der Waals surface area contributed by atoms with Crippen molar-refractivity contribution in [3.05, 3.63) is 70.2 Å². The third-order valence-corrected chi connectivity index (χ3v) is 5.11. The van der Waals surface area contributed by atoms with Gasteiger partial charge in [0, 0.05) is 17.6 Å². The topological polar surface area (TPSA) is 38.3 Å². The van der Waals surface area contributed by atoms with E-state index < -0.39 is 0 Å². The van der Waals surface area contributed by atoms with Crippen LogP contribution in [0, 0.1) is 5.92 Å². The fraction of sp³-hybridized carbons (Fsp3) is 0.381. The molecule has 1 amide bonds. The first-order valence-corrected chi connectivity index (χ1v) is 9.72. The molecule has 0 saturated carbocycles. The number of nitrogens with one attached hydrogen (secondary N) is 1. The summed E-state index contributed by atoms with van der Waals surface area (Å²) in [6, 6.07) is 18.4. The molecule has 2 unspecified atom stereocenters. The number of hydrogen-bond donors (Lipinski definition) is 1. The molecule has 1 saturated heterocycles. The summed E-state index contributed by atoms with van der Waals surface area (Å²) in [7, 11) is 0. The second-order valence-electron chi connectivity index (χ2n) is 6.48. The molecule has 2 aromatic carbocycles. The molecule has 1 N–H and O–H groups in total. The monoisotopic (exact) mass is 401 g/mol. The average molecular weight is 402 g/mol. The van der Waals surface area contributed by atoms with Gasteiger partial charge in [-0.15, -0.1) is 0 Å². The van der Waals surface area contributed by atoms with Crippen LogP contribution in [0.5, 0.6) is 0 Å². The second-order valence-corrected chi connectivity index (χ2v) is 7.39. The summed E-state index contributed by atoms with van der Waals surface area (Å²) in [6.45, 7) is 1.43. The van der Waals surface area contributed by atoms with E-state index in [4.69, 9.17) is 4.74 Å². The number of halogens is 1. The van der Waals surface area contributed by atoms with Gasteiger partial charge >= 0.3 is 0 Å². The van der Waals surface area contributed by atoms with E-state index in [0.717, 1.165) is 42.3 Å². The minimum Gasteiger partial charge on any atom is -0.373 e. The first kappa shape index (κ1) is 18.2. The first-order valence-electron chi connectivity index (χ1n) is 8.93. The number of aryl methyl sites for hydroxylation is 1. The molecule has 2 atom stereocenters. The summed E-state index contributed by atoms with van der Waals surface area (Å²) < 4.78 is 7.02. The molecule has 0 radical (unpaired) electrons. The van der Waals surface area contributed by atoms with E-state index in [2.05, 4.69) is 33.4 Å². The molecule has 1 aliphatic rings. The summed E-state index contributed by atoms with van der Waals surface area (Å²) in [5, 5.41) is 3.11. The molecule has 25 heavy (non-hydrogen) atoms. The summed E-state index contributed by atoms with van der Waals surface area (Å²) in [5.41, 5.74) is 2.38. The van der Waals surface area contributed by atoms with Crippen molar-refractivity contribution in [3.63, 3.8) is 0 Å². The number of amides is 1. The van der Waals surface area contributed by atoms with E-state index in [-0.39, 0.29) is 17.9 Å². The van der Waals surface area contributed by atoms with Crippen molar-refractivity contribution in [3.8, 4) is 0 Å². The van der Waals surface area contributed by atoms with E-state index in [1.54, 1.807) is 0 Å². The number of rotatable bonds is 6. The van der Waals surface area contributed by atoms with Crippen LogP contribution in [0.15, 0.2) is 59.1 Å². The number of ether oxygens (including phenoxy) is 1. The zero-order valence-corrected chi connectivity index (χ0v) is 15.9. The molecule has 0 aromatic heterocycles. The Bertz CT molecular complexity index is 689. The van der Waals surface area contributed by atoms with Crippen LogP contribution in [0.25, 0.3) is 0 Å². The van der Waals surface area contributed by atoms with Crippen molar-refractivity contribution < 1.29 is 9.53 Å². The SMILES string of the molecule is O=C(NCCCc1cccc(Br)c1)C1CCCOC1c1ccccc1. The van der Waals surface area contributed by atoms with Gasteiger partial charge in [0.05, 0.1) is 12.0 Å². The highest BCUT2D eigenvalue weighted by Gasteiger charge is 2.32. The van der Waals surface area contributed by atoms with E-state index >= 15 is 0 Å². The quantitative estimate of drug-likeness (QED) is 0.714. The first-order chi connectivity index (χ1) is 12.2. The second kappa shape index (κ2) is 9.16. The van der Waals surface area contributed by atoms with Gasteiger partial charge in [0.2, 0.25) is 5.91 Å². The molecular weight excluding hydrogens is 378 g/mol. The van der Waals surface area contributed by atoms with Crippen molar-refractivity contribution >= 4 is 21.8 Å². The third kappa shape index (κ3) is 5.16. The lowest BCUT2D eigenvalue weighted by Gasteiger charge is -2.31. The summed E-state index contributed by atoms with van der Waals surface area (Å²) >= 11 is 3.49. The largest absolute Gasteiger partial charge is 0.373 e. The van der Waals surface area contributed by atoms with Crippen molar-refractivity contribution in [1.82, 2.24) is 5.32 Å². The molecule has 1 heterocycles. The molecule has 132 valence electrons. The van der Waals surface area contributed by atoms with Gasteiger partial charge in [-0.1, -0.05) is 58.4 Å². The normalized spacial score (nSPS) is 20.2. The van der Waals surface area contributed by atoms with Gasteiger partial charge in [0.25, 0.3) is 0 Å². The third-order valence-electron chi connectivity index (χ3n) is 4.62. The van der Waals surface area contributed by atoms with E-state index in [9.17, 15) is 4.79 Å². The molecular formula is C21H24BrNO2. The Labute approximate surface area is 157 Å². The fourth-order valence-electron chi connectivity index (χ4n) is 3.35. The molecule has 3 nitrogen and oxygen atoms in total.